The quantitative estimate of drug-likeness (QED) is 0.801. The fraction of sp³-hybridized carbons (Fsp3) is 0.438. The zero-order valence-corrected chi connectivity index (χ0v) is 13.5. The Labute approximate surface area is 130 Å². The van der Waals surface area contributed by atoms with Gasteiger partial charge in [-0.15, -0.1) is 11.3 Å². The molecule has 1 N–H and O–H groups in total. The Hall–Kier alpha value is -0.900. The summed E-state index contributed by atoms with van der Waals surface area (Å²) < 4.78 is 0. The van der Waals surface area contributed by atoms with E-state index in [0.717, 1.165) is 24.4 Å². The molecule has 0 aliphatic rings. The summed E-state index contributed by atoms with van der Waals surface area (Å²) in [5.74, 6) is 0.659. The van der Waals surface area contributed by atoms with Crippen LogP contribution in [0.2, 0.25) is 5.02 Å². The molecule has 2 rings (SSSR count). The molecule has 0 fully saturated rings. The monoisotopic (exact) mass is 308 g/mol. The van der Waals surface area contributed by atoms with Crippen LogP contribution in [0.5, 0.6) is 0 Å². The normalized spacial score (nSPS) is 12.8. The lowest BCUT2D eigenvalue weighted by Gasteiger charge is -2.18. The number of halogens is 1. The summed E-state index contributed by atoms with van der Waals surface area (Å²) in [5, 5.41) is 7.66. The summed E-state index contributed by atoms with van der Waals surface area (Å²) in [6.07, 6.45) is 4.01. The molecule has 20 heavy (non-hydrogen) atoms. The fourth-order valence-electron chi connectivity index (χ4n) is 2.19. The minimum absolute atomic E-state index is 0.363. The molecule has 0 bridgehead atoms. The van der Waals surface area contributed by atoms with Gasteiger partial charge in [-0.1, -0.05) is 37.6 Å². The van der Waals surface area contributed by atoms with Crippen LogP contribution in [0.25, 0.3) is 0 Å². The van der Waals surface area contributed by atoms with Gasteiger partial charge >= 0.3 is 0 Å². The highest BCUT2D eigenvalue weighted by molar-refractivity contribution is 7.09. The summed E-state index contributed by atoms with van der Waals surface area (Å²) >= 11 is 7.63. The van der Waals surface area contributed by atoms with Crippen molar-refractivity contribution in [3.05, 3.63) is 51.4 Å². The van der Waals surface area contributed by atoms with Crippen molar-refractivity contribution < 1.29 is 0 Å². The number of hydrogen-bond donors (Lipinski definition) is 1. The van der Waals surface area contributed by atoms with Crippen LogP contribution in [0.4, 0.5) is 0 Å². The fourth-order valence-corrected chi connectivity index (χ4v) is 3.04. The van der Waals surface area contributed by atoms with Crippen molar-refractivity contribution in [2.45, 2.75) is 32.7 Å². The maximum Gasteiger partial charge on any atom is 0.109 e. The van der Waals surface area contributed by atoms with Crippen LogP contribution in [-0.2, 0) is 6.42 Å². The smallest absolute Gasteiger partial charge is 0.109 e. The van der Waals surface area contributed by atoms with E-state index in [0.29, 0.717) is 12.0 Å². The van der Waals surface area contributed by atoms with Gasteiger partial charge < -0.3 is 5.32 Å². The van der Waals surface area contributed by atoms with Crippen molar-refractivity contribution in [2.75, 3.05) is 6.54 Å². The van der Waals surface area contributed by atoms with Crippen LogP contribution < -0.4 is 5.32 Å². The molecule has 1 aromatic carbocycles. The van der Waals surface area contributed by atoms with E-state index in [1.165, 1.54) is 10.6 Å². The Morgan fingerprint density at radius 2 is 2.00 bits per heavy atom. The highest BCUT2D eigenvalue weighted by Crippen LogP contribution is 2.23. The summed E-state index contributed by atoms with van der Waals surface area (Å²) in [4.78, 5) is 4.45. The van der Waals surface area contributed by atoms with Gasteiger partial charge in [-0.2, -0.15) is 0 Å². The molecule has 1 heterocycles. The highest BCUT2D eigenvalue weighted by atomic mass is 35.5. The highest BCUT2D eigenvalue weighted by Gasteiger charge is 2.14. The Morgan fingerprint density at radius 3 is 2.60 bits per heavy atom. The zero-order chi connectivity index (χ0) is 14.4. The van der Waals surface area contributed by atoms with Crippen molar-refractivity contribution >= 4 is 22.9 Å². The summed E-state index contributed by atoms with van der Waals surface area (Å²) in [7, 11) is 0. The predicted molar refractivity (Wildman–Crippen MR) is 87.5 cm³/mol. The molecule has 0 saturated carbocycles. The third-order valence-corrected chi connectivity index (χ3v) is 4.32. The van der Waals surface area contributed by atoms with Crippen molar-refractivity contribution in [3.63, 3.8) is 0 Å². The first kappa shape index (κ1) is 15.5. The average molecular weight is 309 g/mol. The number of thiazole rings is 1. The molecule has 0 amide bonds. The first-order valence-corrected chi connectivity index (χ1v) is 8.28. The predicted octanol–water partition coefficient (Wildman–Crippen LogP) is 4.72. The molecule has 2 nitrogen and oxygen atoms in total. The van der Waals surface area contributed by atoms with Gasteiger partial charge in [0.1, 0.15) is 5.01 Å². The molecule has 2 aromatic rings. The lowest BCUT2D eigenvalue weighted by molar-refractivity contribution is 0.431. The number of aromatic nitrogens is 1. The van der Waals surface area contributed by atoms with Crippen molar-refractivity contribution in [1.29, 1.82) is 0 Å². The van der Waals surface area contributed by atoms with E-state index in [2.05, 4.69) is 36.3 Å². The second-order valence-electron chi connectivity index (χ2n) is 5.38. The van der Waals surface area contributed by atoms with Gasteiger partial charge in [-0.3, -0.25) is 0 Å². The molecule has 1 unspecified atom stereocenters. The topological polar surface area (TPSA) is 24.9 Å². The van der Waals surface area contributed by atoms with Gasteiger partial charge in [0.05, 0.1) is 6.04 Å². The second kappa shape index (κ2) is 7.77. The zero-order valence-electron chi connectivity index (χ0n) is 12.0. The van der Waals surface area contributed by atoms with Gasteiger partial charge in [0.15, 0.2) is 0 Å². The Kier molecular flexibility index (Phi) is 6.02. The number of rotatable bonds is 7. The summed E-state index contributed by atoms with van der Waals surface area (Å²) in [6.45, 7) is 5.46. The molecule has 0 spiro atoms. The Morgan fingerprint density at radius 1 is 1.25 bits per heavy atom. The Balaban J connectivity index is 1.87. The number of hydrogen-bond acceptors (Lipinski definition) is 3. The van der Waals surface area contributed by atoms with E-state index in [9.17, 15) is 0 Å². The van der Waals surface area contributed by atoms with E-state index >= 15 is 0 Å². The van der Waals surface area contributed by atoms with Crippen molar-refractivity contribution in [2.24, 2.45) is 5.92 Å². The van der Waals surface area contributed by atoms with Crippen molar-refractivity contribution in [1.82, 2.24) is 10.3 Å². The van der Waals surface area contributed by atoms with Crippen LogP contribution in [0.15, 0.2) is 35.8 Å². The third kappa shape index (κ3) is 4.89. The van der Waals surface area contributed by atoms with E-state index < -0.39 is 0 Å². The maximum atomic E-state index is 5.90. The standard InChI is InChI=1S/C16H21ClN2S/c1-12(2)11-15(16-19-9-10-20-16)18-8-7-13-3-5-14(17)6-4-13/h3-6,9-10,12,15,18H,7-8,11H2,1-2H3. The number of nitrogens with one attached hydrogen (secondary N) is 1. The van der Waals surface area contributed by atoms with E-state index in [1.807, 2.05) is 23.7 Å². The molecule has 4 heteroatoms. The first-order chi connectivity index (χ1) is 9.65. The summed E-state index contributed by atoms with van der Waals surface area (Å²) in [6, 6.07) is 8.44. The first-order valence-electron chi connectivity index (χ1n) is 7.02. The molecule has 108 valence electrons. The molecule has 1 atom stereocenters. The molecular formula is C16H21ClN2S. The van der Waals surface area contributed by atoms with Crippen LogP contribution >= 0.6 is 22.9 Å². The molecule has 0 radical (unpaired) electrons. The van der Waals surface area contributed by atoms with Gasteiger partial charge in [-0.25, -0.2) is 4.98 Å². The van der Waals surface area contributed by atoms with Gasteiger partial charge in [-0.05, 0) is 43.0 Å². The van der Waals surface area contributed by atoms with E-state index in [1.54, 1.807) is 11.3 Å². The van der Waals surface area contributed by atoms with Crippen LogP contribution in [0.1, 0.15) is 36.9 Å². The van der Waals surface area contributed by atoms with Crippen LogP contribution in [-0.4, -0.2) is 11.5 Å². The molecule has 0 aliphatic carbocycles. The molecule has 1 aromatic heterocycles. The molecule has 0 aliphatic heterocycles. The van der Waals surface area contributed by atoms with Gasteiger partial charge in [0, 0.05) is 16.6 Å². The SMILES string of the molecule is CC(C)CC(NCCc1ccc(Cl)cc1)c1nccs1. The van der Waals surface area contributed by atoms with E-state index in [-0.39, 0.29) is 0 Å². The maximum absolute atomic E-state index is 5.90. The third-order valence-electron chi connectivity index (χ3n) is 3.17. The number of benzene rings is 1. The molecular weight excluding hydrogens is 288 g/mol. The molecule has 0 saturated heterocycles. The van der Waals surface area contributed by atoms with Crippen LogP contribution in [0.3, 0.4) is 0 Å². The largest absolute Gasteiger partial charge is 0.308 e. The van der Waals surface area contributed by atoms with Crippen molar-refractivity contribution in [3.8, 4) is 0 Å². The lowest BCUT2D eigenvalue weighted by Crippen LogP contribution is -2.25. The van der Waals surface area contributed by atoms with Gasteiger partial charge in [0.2, 0.25) is 0 Å². The number of nitrogens with zero attached hydrogens (tertiary/aromatic N) is 1. The van der Waals surface area contributed by atoms with Gasteiger partial charge in [0.25, 0.3) is 0 Å². The average Bonchev–Trinajstić information content (AvgIpc) is 2.93. The van der Waals surface area contributed by atoms with Crippen LogP contribution in [0, 0.1) is 5.92 Å². The minimum Gasteiger partial charge on any atom is -0.308 e. The van der Waals surface area contributed by atoms with E-state index in [4.69, 9.17) is 11.6 Å². The Bertz CT molecular complexity index is 494. The second-order valence-corrected chi connectivity index (χ2v) is 6.75. The summed E-state index contributed by atoms with van der Waals surface area (Å²) in [5.41, 5.74) is 1.31. The lowest BCUT2D eigenvalue weighted by atomic mass is 10.0. The minimum atomic E-state index is 0.363.